The van der Waals surface area contributed by atoms with Crippen LogP contribution in [0.5, 0.6) is 0 Å². The third-order valence-corrected chi connectivity index (χ3v) is 4.49. The smallest absolute Gasteiger partial charge is 0.274 e. The Balaban J connectivity index is 1.86. The van der Waals surface area contributed by atoms with E-state index in [9.17, 15) is 9.59 Å². The number of fused-ring (bicyclic) bond motifs is 1. The molecule has 6 heteroatoms. The molecule has 0 saturated carbocycles. The minimum Gasteiger partial charge on any atom is -0.376 e. The standard InChI is InChI=1S/C19H22N4O2/c1-22(2)16-7-4-9-21-18(16)19(25)23-10-8-15-13(11-17(20)24)5-3-6-14(15)12-23/h3-7,9H,8,10-12H2,1-2H3,(H2,20,24). The van der Waals surface area contributed by atoms with Crippen LogP contribution in [0.25, 0.3) is 0 Å². The predicted molar refractivity (Wildman–Crippen MR) is 96.3 cm³/mol. The van der Waals surface area contributed by atoms with Crippen molar-refractivity contribution in [3.8, 4) is 0 Å². The van der Waals surface area contributed by atoms with E-state index in [1.165, 1.54) is 0 Å². The number of benzene rings is 1. The number of carbonyl (C=O) groups excluding carboxylic acids is 2. The summed E-state index contributed by atoms with van der Waals surface area (Å²) in [5.74, 6) is -0.411. The zero-order valence-electron chi connectivity index (χ0n) is 14.5. The fourth-order valence-corrected chi connectivity index (χ4v) is 3.29. The molecule has 1 aliphatic rings. The summed E-state index contributed by atoms with van der Waals surface area (Å²) in [6, 6.07) is 9.57. The van der Waals surface area contributed by atoms with Crippen molar-refractivity contribution in [3.05, 3.63) is 58.9 Å². The highest BCUT2D eigenvalue weighted by atomic mass is 16.2. The number of aromatic nitrogens is 1. The van der Waals surface area contributed by atoms with Crippen molar-refractivity contribution in [2.45, 2.75) is 19.4 Å². The lowest BCUT2D eigenvalue weighted by atomic mass is 9.92. The lowest BCUT2D eigenvalue weighted by molar-refractivity contribution is -0.117. The summed E-state index contributed by atoms with van der Waals surface area (Å²) in [7, 11) is 3.80. The summed E-state index contributed by atoms with van der Waals surface area (Å²) in [5.41, 5.74) is 9.78. The molecule has 6 nitrogen and oxygen atoms in total. The highest BCUT2D eigenvalue weighted by molar-refractivity contribution is 5.97. The average Bonchev–Trinajstić information content (AvgIpc) is 2.60. The van der Waals surface area contributed by atoms with Gasteiger partial charge in [0.2, 0.25) is 5.91 Å². The Kier molecular flexibility index (Phi) is 4.70. The van der Waals surface area contributed by atoms with E-state index in [1.807, 2.05) is 54.2 Å². The zero-order valence-corrected chi connectivity index (χ0v) is 14.5. The van der Waals surface area contributed by atoms with Crippen LogP contribution in [0.2, 0.25) is 0 Å². The molecule has 0 aliphatic carbocycles. The first-order chi connectivity index (χ1) is 12.0. The van der Waals surface area contributed by atoms with Gasteiger partial charge in [-0.2, -0.15) is 0 Å². The van der Waals surface area contributed by atoms with Gasteiger partial charge >= 0.3 is 0 Å². The van der Waals surface area contributed by atoms with Gasteiger partial charge in [-0.15, -0.1) is 0 Å². The second kappa shape index (κ2) is 6.93. The molecule has 2 heterocycles. The minimum atomic E-state index is -0.337. The molecule has 0 saturated heterocycles. The van der Waals surface area contributed by atoms with Crippen LogP contribution in [0.15, 0.2) is 36.5 Å². The third-order valence-electron chi connectivity index (χ3n) is 4.49. The second-order valence-electron chi connectivity index (χ2n) is 6.44. The number of hydrogen-bond acceptors (Lipinski definition) is 4. The number of primary amides is 1. The van der Waals surface area contributed by atoms with Crippen LogP contribution in [0.3, 0.4) is 0 Å². The quantitative estimate of drug-likeness (QED) is 0.913. The summed E-state index contributed by atoms with van der Waals surface area (Å²) >= 11 is 0. The molecule has 130 valence electrons. The highest BCUT2D eigenvalue weighted by Gasteiger charge is 2.26. The first-order valence-corrected chi connectivity index (χ1v) is 8.27. The zero-order chi connectivity index (χ0) is 18.0. The van der Waals surface area contributed by atoms with E-state index < -0.39 is 0 Å². The molecule has 0 atom stereocenters. The molecule has 2 aromatic rings. The second-order valence-corrected chi connectivity index (χ2v) is 6.44. The summed E-state index contributed by atoms with van der Waals surface area (Å²) in [6.07, 6.45) is 2.60. The van der Waals surface area contributed by atoms with E-state index in [0.29, 0.717) is 25.2 Å². The van der Waals surface area contributed by atoms with Crippen LogP contribution in [0.1, 0.15) is 27.2 Å². The molecule has 2 N–H and O–H groups in total. The van der Waals surface area contributed by atoms with E-state index in [2.05, 4.69) is 4.98 Å². The van der Waals surface area contributed by atoms with Crippen LogP contribution >= 0.6 is 0 Å². The van der Waals surface area contributed by atoms with E-state index >= 15 is 0 Å². The molecule has 1 aliphatic heterocycles. The van der Waals surface area contributed by atoms with Gasteiger partial charge in [0.15, 0.2) is 5.69 Å². The largest absolute Gasteiger partial charge is 0.376 e. The number of nitrogens with two attached hydrogens (primary N) is 1. The normalized spacial score (nSPS) is 13.3. The molecular weight excluding hydrogens is 316 g/mol. The van der Waals surface area contributed by atoms with Gasteiger partial charge in [0.25, 0.3) is 5.91 Å². The van der Waals surface area contributed by atoms with E-state index in [4.69, 9.17) is 5.73 Å². The van der Waals surface area contributed by atoms with Gasteiger partial charge in [-0.3, -0.25) is 9.59 Å². The summed E-state index contributed by atoms with van der Waals surface area (Å²) in [5, 5.41) is 0. The Bertz CT molecular complexity index is 817. The molecule has 25 heavy (non-hydrogen) atoms. The predicted octanol–water partition coefficient (Wildman–Crippen LogP) is 1.37. The van der Waals surface area contributed by atoms with Gasteiger partial charge in [-0.25, -0.2) is 4.98 Å². The maximum Gasteiger partial charge on any atom is 0.274 e. The summed E-state index contributed by atoms with van der Waals surface area (Å²) in [4.78, 5) is 32.2. The Morgan fingerprint density at radius 1 is 1.24 bits per heavy atom. The number of hydrogen-bond donors (Lipinski definition) is 1. The van der Waals surface area contributed by atoms with Crippen LogP contribution in [0, 0.1) is 0 Å². The van der Waals surface area contributed by atoms with E-state index in [1.54, 1.807) is 6.20 Å². The van der Waals surface area contributed by atoms with Crippen LogP contribution in [-0.4, -0.2) is 42.3 Å². The van der Waals surface area contributed by atoms with Crippen molar-refractivity contribution in [2.75, 3.05) is 25.5 Å². The van der Waals surface area contributed by atoms with Gasteiger partial charge in [-0.05, 0) is 35.2 Å². The first-order valence-electron chi connectivity index (χ1n) is 8.27. The maximum absolute atomic E-state index is 13.0. The first kappa shape index (κ1) is 17.0. The number of pyridine rings is 1. The minimum absolute atomic E-state index is 0.0738. The van der Waals surface area contributed by atoms with Crippen molar-refractivity contribution in [1.29, 1.82) is 0 Å². The monoisotopic (exact) mass is 338 g/mol. The Morgan fingerprint density at radius 2 is 2.04 bits per heavy atom. The van der Waals surface area contributed by atoms with Crippen LogP contribution in [-0.2, 0) is 24.2 Å². The van der Waals surface area contributed by atoms with Crippen molar-refractivity contribution in [1.82, 2.24) is 9.88 Å². The Hall–Kier alpha value is -2.89. The average molecular weight is 338 g/mol. The molecule has 3 rings (SSSR count). The maximum atomic E-state index is 13.0. The highest BCUT2D eigenvalue weighted by Crippen LogP contribution is 2.25. The molecule has 1 aromatic carbocycles. The van der Waals surface area contributed by atoms with Crippen molar-refractivity contribution in [3.63, 3.8) is 0 Å². The Morgan fingerprint density at radius 3 is 2.76 bits per heavy atom. The summed E-state index contributed by atoms with van der Waals surface area (Å²) < 4.78 is 0. The number of nitrogens with zero attached hydrogens (tertiary/aromatic N) is 3. The van der Waals surface area contributed by atoms with Gasteiger partial charge in [0.1, 0.15) is 0 Å². The molecule has 2 amide bonds. The third kappa shape index (κ3) is 3.47. The van der Waals surface area contributed by atoms with E-state index in [-0.39, 0.29) is 18.2 Å². The fraction of sp³-hybridized carbons (Fsp3) is 0.316. The van der Waals surface area contributed by atoms with Crippen molar-refractivity contribution in [2.24, 2.45) is 5.73 Å². The van der Waals surface area contributed by atoms with Crippen molar-refractivity contribution < 1.29 is 9.59 Å². The number of rotatable bonds is 4. The lowest BCUT2D eigenvalue weighted by Crippen LogP contribution is -2.37. The van der Waals surface area contributed by atoms with Gasteiger partial charge in [0.05, 0.1) is 12.1 Å². The topological polar surface area (TPSA) is 79.5 Å². The Labute approximate surface area is 147 Å². The molecule has 0 radical (unpaired) electrons. The molecule has 0 spiro atoms. The molecule has 0 unspecified atom stereocenters. The number of amides is 2. The van der Waals surface area contributed by atoms with Gasteiger partial charge in [0, 0.05) is 33.4 Å². The number of carbonyl (C=O) groups is 2. The van der Waals surface area contributed by atoms with Gasteiger partial charge < -0.3 is 15.5 Å². The molecule has 0 bridgehead atoms. The van der Waals surface area contributed by atoms with Crippen LogP contribution in [0.4, 0.5) is 5.69 Å². The number of anilines is 1. The fourth-order valence-electron chi connectivity index (χ4n) is 3.29. The van der Waals surface area contributed by atoms with Crippen LogP contribution < -0.4 is 10.6 Å². The van der Waals surface area contributed by atoms with Gasteiger partial charge in [-0.1, -0.05) is 18.2 Å². The van der Waals surface area contributed by atoms with E-state index in [0.717, 1.165) is 22.4 Å². The molecular formula is C19H22N4O2. The lowest BCUT2D eigenvalue weighted by Gasteiger charge is -2.30. The SMILES string of the molecule is CN(C)c1cccnc1C(=O)N1CCc2c(CC(N)=O)cccc2C1. The summed E-state index contributed by atoms with van der Waals surface area (Å²) in [6.45, 7) is 1.12. The molecule has 1 aromatic heterocycles. The molecule has 0 fully saturated rings. The van der Waals surface area contributed by atoms with Crippen molar-refractivity contribution >= 4 is 17.5 Å².